The molecule has 0 bridgehead atoms. The Hall–Kier alpha value is 0.0600. The standard InChI is InChI=1S/C18H37O2P/c1-5-18(20-14-13-19)16(2)15-21(3,4)17-11-9-7-6-8-10-12-17/h13,16-18,21H,5-12,14-15H2,1-4H3. The van der Waals surface area contributed by atoms with Gasteiger partial charge in [0, 0.05) is 0 Å². The van der Waals surface area contributed by atoms with Gasteiger partial charge in [-0.05, 0) is 0 Å². The van der Waals surface area contributed by atoms with E-state index in [0.29, 0.717) is 5.92 Å². The fourth-order valence-corrected chi connectivity index (χ4v) is 8.44. The molecule has 2 unspecified atom stereocenters. The van der Waals surface area contributed by atoms with Crippen LogP contribution in [0.2, 0.25) is 0 Å². The molecule has 1 aliphatic rings. The van der Waals surface area contributed by atoms with E-state index in [4.69, 9.17) is 4.74 Å². The summed E-state index contributed by atoms with van der Waals surface area (Å²) in [5.41, 5.74) is 0.990. The third-order valence-electron chi connectivity index (χ3n) is 5.47. The molecular weight excluding hydrogens is 279 g/mol. The summed E-state index contributed by atoms with van der Waals surface area (Å²) >= 11 is 0. The van der Waals surface area contributed by atoms with Crippen LogP contribution in [0.15, 0.2) is 0 Å². The maximum atomic E-state index is 10.5. The average molecular weight is 316 g/mol. The fourth-order valence-electron chi connectivity index (χ4n) is 4.21. The van der Waals surface area contributed by atoms with Crippen molar-refractivity contribution in [2.75, 3.05) is 26.1 Å². The fraction of sp³-hybridized carbons (Fsp3) is 0.944. The normalized spacial score (nSPS) is 22.1. The van der Waals surface area contributed by atoms with Crippen LogP contribution in [0.1, 0.15) is 65.2 Å². The van der Waals surface area contributed by atoms with Crippen LogP contribution in [-0.2, 0) is 9.53 Å². The Morgan fingerprint density at radius 2 is 1.71 bits per heavy atom. The second-order valence-corrected chi connectivity index (χ2v) is 12.9. The van der Waals surface area contributed by atoms with Crippen molar-refractivity contribution in [1.82, 2.24) is 0 Å². The first-order chi connectivity index (χ1) is 10.0. The molecule has 0 spiro atoms. The molecule has 0 aliphatic heterocycles. The second-order valence-electron chi connectivity index (χ2n) is 7.66. The number of hydrogen-bond acceptors (Lipinski definition) is 2. The van der Waals surface area contributed by atoms with Crippen molar-refractivity contribution in [2.45, 2.75) is 77.0 Å². The molecule has 0 aromatic rings. The summed E-state index contributed by atoms with van der Waals surface area (Å²) in [6.07, 6.45) is 13.6. The summed E-state index contributed by atoms with van der Waals surface area (Å²) in [4.78, 5) is 10.5. The molecule has 1 rings (SSSR count). The van der Waals surface area contributed by atoms with E-state index in [2.05, 4.69) is 27.2 Å². The van der Waals surface area contributed by atoms with Crippen LogP contribution in [0.3, 0.4) is 0 Å². The van der Waals surface area contributed by atoms with Gasteiger partial charge in [-0.25, -0.2) is 0 Å². The molecule has 0 amide bonds. The molecule has 0 aromatic carbocycles. The minimum atomic E-state index is -1.21. The summed E-state index contributed by atoms with van der Waals surface area (Å²) in [7, 11) is -1.21. The molecular formula is C18H37O2P. The van der Waals surface area contributed by atoms with Gasteiger partial charge in [0.05, 0.1) is 0 Å². The van der Waals surface area contributed by atoms with E-state index in [1.807, 2.05) is 0 Å². The van der Waals surface area contributed by atoms with Crippen molar-refractivity contribution in [3.8, 4) is 0 Å². The van der Waals surface area contributed by atoms with E-state index in [1.54, 1.807) is 0 Å². The van der Waals surface area contributed by atoms with Gasteiger partial charge in [-0.2, -0.15) is 0 Å². The third kappa shape index (κ3) is 6.78. The third-order valence-corrected chi connectivity index (χ3v) is 9.96. The van der Waals surface area contributed by atoms with Crippen LogP contribution in [0.25, 0.3) is 0 Å². The zero-order valence-corrected chi connectivity index (χ0v) is 15.7. The Balaban J connectivity index is 2.56. The van der Waals surface area contributed by atoms with E-state index >= 15 is 0 Å². The van der Waals surface area contributed by atoms with Gasteiger partial charge in [0.15, 0.2) is 0 Å². The molecule has 2 nitrogen and oxygen atoms in total. The Kier molecular flexibility index (Phi) is 9.06. The van der Waals surface area contributed by atoms with Gasteiger partial charge in [0.25, 0.3) is 0 Å². The van der Waals surface area contributed by atoms with Crippen molar-refractivity contribution in [1.29, 1.82) is 0 Å². The van der Waals surface area contributed by atoms with Gasteiger partial charge in [0.1, 0.15) is 0 Å². The molecule has 0 saturated heterocycles. The monoisotopic (exact) mass is 316 g/mol. The molecule has 0 heterocycles. The minimum absolute atomic E-state index is 0.258. The van der Waals surface area contributed by atoms with Gasteiger partial charge < -0.3 is 0 Å². The first kappa shape index (κ1) is 19.1. The number of rotatable bonds is 8. The quantitative estimate of drug-likeness (QED) is 0.477. The predicted molar refractivity (Wildman–Crippen MR) is 96.4 cm³/mol. The zero-order valence-electron chi connectivity index (χ0n) is 14.7. The number of carbonyl (C=O) groups excluding carboxylic acids is 1. The molecule has 0 radical (unpaired) electrons. The molecule has 0 N–H and O–H groups in total. The van der Waals surface area contributed by atoms with Crippen molar-refractivity contribution >= 4 is 13.5 Å². The molecule has 0 aromatic heterocycles. The Bertz CT molecular complexity index is 283. The maximum absolute atomic E-state index is 10.5. The van der Waals surface area contributed by atoms with E-state index < -0.39 is 7.26 Å². The van der Waals surface area contributed by atoms with Crippen molar-refractivity contribution < 1.29 is 9.53 Å². The summed E-state index contributed by atoms with van der Waals surface area (Å²) < 4.78 is 5.73. The van der Waals surface area contributed by atoms with E-state index in [9.17, 15) is 4.79 Å². The molecule has 2 atom stereocenters. The molecule has 126 valence electrons. The first-order valence-corrected chi connectivity index (χ1v) is 12.3. The van der Waals surface area contributed by atoms with Crippen LogP contribution >= 0.6 is 7.26 Å². The SMILES string of the molecule is CCC(OCC=O)C(C)C[PH](C)(C)C1CCCCCCC1. The molecule has 1 fully saturated rings. The predicted octanol–water partition coefficient (Wildman–Crippen LogP) is 4.74. The van der Waals surface area contributed by atoms with Crippen LogP contribution in [-0.4, -0.2) is 44.1 Å². The molecule has 3 heteroatoms. The van der Waals surface area contributed by atoms with E-state index in [1.165, 1.54) is 51.1 Å². The molecule has 21 heavy (non-hydrogen) atoms. The summed E-state index contributed by atoms with van der Waals surface area (Å²) in [6.45, 7) is 9.94. The number of hydrogen-bond donors (Lipinski definition) is 0. The van der Waals surface area contributed by atoms with Gasteiger partial charge in [-0.15, -0.1) is 0 Å². The Morgan fingerprint density at radius 3 is 2.24 bits per heavy atom. The topological polar surface area (TPSA) is 26.3 Å². The van der Waals surface area contributed by atoms with Crippen molar-refractivity contribution in [2.24, 2.45) is 5.92 Å². The van der Waals surface area contributed by atoms with E-state index in [0.717, 1.165) is 18.4 Å². The molecule has 1 aliphatic carbocycles. The first-order valence-electron chi connectivity index (χ1n) is 9.06. The number of aldehydes is 1. The number of carbonyl (C=O) groups is 1. The second kappa shape index (κ2) is 9.95. The zero-order chi connectivity index (χ0) is 15.7. The van der Waals surface area contributed by atoms with Crippen molar-refractivity contribution in [3.63, 3.8) is 0 Å². The van der Waals surface area contributed by atoms with Crippen LogP contribution in [0.5, 0.6) is 0 Å². The van der Waals surface area contributed by atoms with Gasteiger partial charge in [0.2, 0.25) is 0 Å². The van der Waals surface area contributed by atoms with Gasteiger partial charge >= 0.3 is 132 Å². The van der Waals surface area contributed by atoms with Crippen LogP contribution in [0.4, 0.5) is 0 Å². The van der Waals surface area contributed by atoms with E-state index in [-0.39, 0.29) is 12.7 Å². The number of ether oxygens (including phenoxy) is 1. The Morgan fingerprint density at radius 1 is 1.14 bits per heavy atom. The van der Waals surface area contributed by atoms with Crippen LogP contribution < -0.4 is 0 Å². The van der Waals surface area contributed by atoms with Gasteiger partial charge in [-0.1, -0.05) is 0 Å². The van der Waals surface area contributed by atoms with Crippen molar-refractivity contribution in [3.05, 3.63) is 0 Å². The Labute approximate surface area is 132 Å². The summed E-state index contributed by atoms with van der Waals surface area (Å²) in [5, 5.41) is 0. The van der Waals surface area contributed by atoms with Crippen LogP contribution in [0, 0.1) is 5.92 Å². The average Bonchev–Trinajstić information content (AvgIpc) is 2.38. The molecule has 1 saturated carbocycles. The summed E-state index contributed by atoms with van der Waals surface area (Å²) in [5.74, 6) is 0.585. The van der Waals surface area contributed by atoms with Gasteiger partial charge in [-0.3, -0.25) is 0 Å². The summed E-state index contributed by atoms with van der Waals surface area (Å²) in [6, 6.07) is 0.